The van der Waals surface area contributed by atoms with Crippen LogP contribution >= 0.6 is 0 Å². The smallest absolute Gasteiger partial charge is 0.419 e. The Morgan fingerprint density at radius 2 is 1.73 bits per heavy atom. The van der Waals surface area contributed by atoms with Crippen LogP contribution in [0.25, 0.3) is 17.0 Å². The largest absolute Gasteiger partial charge is 0.483 e. The molecule has 2 aromatic carbocycles. The second kappa shape index (κ2) is 15.1. The molecule has 0 spiro atoms. The number of fused-ring (bicyclic) bond motifs is 3. The van der Waals surface area contributed by atoms with Crippen LogP contribution in [-0.4, -0.2) is 83.0 Å². The van der Waals surface area contributed by atoms with Crippen LogP contribution < -0.4 is 10.1 Å². The van der Waals surface area contributed by atoms with Crippen molar-refractivity contribution < 1.29 is 47.7 Å². The molecule has 0 bridgehead atoms. The predicted octanol–water partition coefficient (Wildman–Crippen LogP) is 5.93. The SMILES string of the molecule is COC(=O)CC[C@@]1(C(=O)OC)CCCN1C(=O)C(Cc1cn(C(=O)OC(C)(C)C)c2c3c(ccc12)OC(C)(C)C=C3)NC(=O)OCc1ccccc1. The lowest BCUT2D eigenvalue weighted by molar-refractivity contribution is -0.161. The van der Waals surface area contributed by atoms with Crippen LogP contribution in [0.2, 0.25) is 0 Å². The van der Waals surface area contributed by atoms with Crippen molar-refractivity contribution in [1.82, 2.24) is 14.8 Å². The molecule has 2 atom stereocenters. The van der Waals surface area contributed by atoms with E-state index in [9.17, 15) is 24.0 Å². The van der Waals surface area contributed by atoms with Gasteiger partial charge in [-0.1, -0.05) is 30.3 Å². The average molecular weight is 718 g/mol. The fraction of sp³-hybridized carbons (Fsp3) is 0.462. The van der Waals surface area contributed by atoms with E-state index in [0.717, 1.165) is 5.56 Å². The molecule has 1 aromatic heterocycles. The molecule has 278 valence electrons. The lowest BCUT2D eigenvalue weighted by Crippen LogP contribution is -2.59. The molecule has 0 radical (unpaired) electrons. The van der Waals surface area contributed by atoms with E-state index in [1.807, 2.05) is 44.2 Å². The molecule has 1 unspecified atom stereocenters. The maximum absolute atomic E-state index is 14.7. The molecule has 0 aliphatic carbocycles. The van der Waals surface area contributed by atoms with E-state index >= 15 is 0 Å². The number of benzene rings is 2. The normalized spacial score (nSPS) is 18.2. The van der Waals surface area contributed by atoms with Gasteiger partial charge in [-0.2, -0.15) is 0 Å². The van der Waals surface area contributed by atoms with Crippen molar-refractivity contribution in [3.63, 3.8) is 0 Å². The molecule has 13 heteroatoms. The Kier molecular flexibility index (Phi) is 11.0. The quantitative estimate of drug-likeness (QED) is 0.197. The molecule has 2 aliphatic rings. The maximum atomic E-state index is 14.7. The number of esters is 2. The van der Waals surface area contributed by atoms with Gasteiger partial charge in [-0.15, -0.1) is 0 Å². The van der Waals surface area contributed by atoms with Crippen molar-refractivity contribution in [2.24, 2.45) is 0 Å². The zero-order valence-corrected chi connectivity index (χ0v) is 30.8. The number of alkyl carbamates (subject to hydrolysis) is 1. The fourth-order valence-electron chi connectivity index (χ4n) is 6.76. The number of methoxy groups -OCH3 is 2. The molecule has 1 fully saturated rings. The molecule has 2 aliphatic heterocycles. The molecule has 2 amide bonds. The Morgan fingerprint density at radius 3 is 2.40 bits per heavy atom. The summed E-state index contributed by atoms with van der Waals surface area (Å²) in [5, 5.41) is 3.36. The van der Waals surface area contributed by atoms with E-state index in [2.05, 4.69) is 5.32 Å². The molecule has 3 heterocycles. The Balaban J connectivity index is 1.57. The molecular formula is C39H47N3O10. The number of carbonyl (C=O) groups excluding carboxylic acids is 5. The summed E-state index contributed by atoms with van der Waals surface area (Å²) in [7, 11) is 2.48. The molecule has 5 rings (SSSR count). The summed E-state index contributed by atoms with van der Waals surface area (Å²) >= 11 is 0. The third-order valence-electron chi connectivity index (χ3n) is 9.18. The number of ether oxygens (including phenoxy) is 5. The van der Waals surface area contributed by atoms with Crippen molar-refractivity contribution in [2.45, 2.75) is 96.1 Å². The zero-order chi connectivity index (χ0) is 37.8. The summed E-state index contributed by atoms with van der Waals surface area (Å²) in [6.45, 7) is 9.27. The third kappa shape index (κ3) is 8.24. The van der Waals surface area contributed by atoms with Crippen LogP contribution in [-0.2, 0) is 46.4 Å². The highest BCUT2D eigenvalue weighted by Gasteiger charge is 2.52. The minimum atomic E-state index is -1.47. The number of aromatic nitrogens is 1. The number of amides is 2. The van der Waals surface area contributed by atoms with Crippen molar-refractivity contribution in [3.8, 4) is 5.75 Å². The van der Waals surface area contributed by atoms with Crippen molar-refractivity contribution in [1.29, 1.82) is 0 Å². The molecule has 1 N–H and O–H groups in total. The molecule has 0 saturated carbocycles. The van der Waals surface area contributed by atoms with Gasteiger partial charge in [0, 0.05) is 36.5 Å². The second-order valence-electron chi connectivity index (χ2n) is 14.6. The molecular weight excluding hydrogens is 670 g/mol. The maximum Gasteiger partial charge on any atom is 0.419 e. The number of nitrogens with zero attached hydrogens (tertiary/aromatic N) is 2. The molecule has 1 saturated heterocycles. The van der Waals surface area contributed by atoms with Gasteiger partial charge in [0.2, 0.25) is 5.91 Å². The number of hydrogen-bond acceptors (Lipinski definition) is 10. The van der Waals surface area contributed by atoms with Gasteiger partial charge in [-0.05, 0) is 89.3 Å². The lowest BCUT2D eigenvalue weighted by atomic mass is 9.89. The standard InChI is InChI=1S/C39H47N3O10/c1-37(2,3)52-36(47)41-23-26(27-14-15-30-28(32(27)41)16-19-38(4,5)51-30)22-29(40-35(46)50-24-25-12-9-8-10-13-25)33(44)42-21-11-18-39(42,34(45)49-7)20-17-31(43)48-6/h8-10,12-16,19,23,29H,11,17-18,20-22,24H2,1-7H3,(H,40,46)/t29?,39-/m1/s1. The molecule has 52 heavy (non-hydrogen) atoms. The molecule has 13 nitrogen and oxygen atoms in total. The number of carbonyl (C=O) groups is 5. The Hall–Kier alpha value is -5.33. The van der Waals surface area contributed by atoms with Crippen LogP contribution in [0.15, 0.2) is 54.7 Å². The summed E-state index contributed by atoms with van der Waals surface area (Å²) in [4.78, 5) is 68.7. The first kappa shape index (κ1) is 37.9. The highest BCUT2D eigenvalue weighted by Crippen LogP contribution is 2.40. The summed E-state index contributed by atoms with van der Waals surface area (Å²) in [6.07, 6.45) is 4.34. The van der Waals surface area contributed by atoms with Crippen LogP contribution in [0.3, 0.4) is 0 Å². The summed E-state index contributed by atoms with van der Waals surface area (Å²) < 4.78 is 28.9. The van der Waals surface area contributed by atoms with Crippen molar-refractivity contribution in [2.75, 3.05) is 20.8 Å². The number of nitrogens with one attached hydrogen (secondary N) is 1. The fourth-order valence-corrected chi connectivity index (χ4v) is 6.76. The summed E-state index contributed by atoms with van der Waals surface area (Å²) in [6, 6.07) is 11.4. The number of hydrogen-bond donors (Lipinski definition) is 1. The number of rotatable bonds is 10. The van der Waals surface area contributed by atoms with Gasteiger partial charge < -0.3 is 33.9 Å². The van der Waals surface area contributed by atoms with Crippen molar-refractivity contribution >= 4 is 47.0 Å². The zero-order valence-electron chi connectivity index (χ0n) is 30.8. The first-order chi connectivity index (χ1) is 24.6. The van der Waals surface area contributed by atoms with E-state index in [1.54, 1.807) is 51.2 Å². The van der Waals surface area contributed by atoms with Gasteiger partial charge in [0.15, 0.2) is 0 Å². The Labute approximate surface area is 303 Å². The van der Waals surface area contributed by atoms with E-state index in [1.165, 1.54) is 23.7 Å². The Morgan fingerprint density at radius 1 is 1.00 bits per heavy atom. The van der Waals surface area contributed by atoms with Gasteiger partial charge in [0.1, 0.15) is 35.1 Å². The average Bonchev–Trinajstić information content (AvgIpc) is 3.70. The second-order valence-corrected chi connectivity index (χ2v) is 14.6. The monoisotopic (exact) mass is 717 g/mol. The van der Waals surface area contributed by atoms with Crippen LogP contribution in [0.5, 0.6) is 5.75 Å². The summed E-state index contributed by atoms with van der Waals surface area (Å²) in [5.41, 5.74) is -0.404. The minimum absolute atomic E-state index is 0.0317. The van der Waals surface area contributed by atoms with Crippen LogP contribution in [0, 0.1) is 0 Å². The van der Waals surface area contributed by atoms with E-state index < -0.39 is 52.8 Å². The minimum Gasteiger partial charge on any atom is -0.483 e. The van der Waals surface area contributed by atoms with E-state index in [-0.39, 0.29) is 38.8 Å². The van der Waals surface area contributed by atoms with Crippen LogP contribution in [0.4, 0.5) is 9.59 Å². The molecule has 3 aromatic rings. The lowest BCUT2D eigenvalue weighted by Gasteiger charge is -2.37. The highest BCUT2D eigenvalue weighted by atomic mass is 16.6. The van der Waals surface area contributed by atoms with E-state index in [4.69, 9.17) is 23.7 Å². The van der Waals surface area contributed by atoms with Crippen LogP contribution in [0.1, 0.15) is 77.0 Å². The van der Waals surface area contributed by atoms with Gasteiger partial charge in [-0.3, -0.25) is 14.2 Å². The van der Waals surface area contributed by atoms with Gasteiger partial charge >= 0.3 is 24.1 Å². The van der Waals surface area contributed by atoms with Gasteiger partial charge in [0.25, 0.3) is 0 Å². The first-order valence-electron chi connectivity index (χ1n) is 17.3. The highest BCUT2D eigenvalue weighted by molar-refractivity contribution is 6.00. The predicted molar refractivity (Wildman–Crippen MR) is 192 cm³/mol. The topological polar surface area (TPSA) is 152 Å². The first-order valence-corrected chi connectivity index (χ1v) is 17.3. The van der Waals surface area contributed by atoms with Gasteiger partial charge in [-0.25, -0.2) is 14.4 Å². The van der Waals surface area contributed by atoms with Crippen molar-refractivity contribution in [3.05, 3.63) is 71.4 Å². The third-order valence-corrected chi connectivity index (χ3v) is 9.18. The van der Waals surface area contributed by atoms with E-state index in [0.29, 0.717) is 34.2 Å². The van der Waals surface area contributed by atoms with Gasteiger partial charge in [0.05, 0.1) is 19.7 Å². The summed E-state index contributed by atoms with van der Waals surface area (Å²) in [5.74, 6) is -1.22. The Bertz CT molecular complexity index is 1870. The number of likely N-dealkylation sites (tertiary alicyclic amines) is 1.